The van der Waals surface area contributed by atoms with Crippen LogP contribution in [-0.4, -0.2) is 50.9 Å². The number of nitrogens with zero attached hydrogens (tertiary/aromatic N) is 2. The Hall–Kier alpha value is -3.27. The molecule has 0 saturated carbocycles. The van der Waals surface area contributed by atoms with Crippen molar-refractivity contribution < 1.29 is 22.7 Å². The number of benzene rings is 3. The molecule has 1 atom stereocenters. The zero-order valence-corrected chi connectivity index (χ0v) is 25.9. The highest BCUT2D eigenvalue weighted by Crippen LogP contribution is 2.33. The number of aryl methyl sites for hydroxylation is 1. The first-order chi connectivity index (χ1) is 19.5. The van der Waals surface area contributed by atoms with E-state index in [1.807, 2.05) is 6.92 Å². The maximum absolute atomic E-state index is 14.2. The zero-order chi connectivity index (χ0) is 30.2. The lowest BCUT2D eigenvalue weighted by molar-refractivity contribution is -0.140. The number of likely N-dealkylation sites (N-methyl/N-ethyl adjacent to an activating group) is 1. The fourth-order valence-electron chi connectivity index (χ4n) is 4.36. The molecule has 2 amide bonds. The van der Waals surface area contributed by atoms with E-state index in [1.54, 1.807) is 75.4 Å². The normalized spacial score (nSPS) is 12.0. The maximum atomic E-state index is 14.2. The number of hydrogen-bond donors (Lipinski definition) is 1. The van der Waals surface area contributed by atoms with Crippen LogP contribution < -0.4 is 14.4 Å². The van der Waals surface area contributed by atoms with Crippen LogP contribution in [0.2, 0.25) is 10.0 Å². The van der Waals surface area contributed by atoms with E-state index in [0.29, 0.717) is 27.9 Å². The lowest BCUT2D eigenvalue weighted by Gasteiger charge is -2.33. The molecule has 0 radical (unpaired) electrons. The number of rotatable bonds is 13. The van der Waals surface area contributed by atoms with Crippen molar-refractivity contribution >= 4 is 50.7 Å². The number of anilines is 1. The van der Waals surface area contributed by atoms with Crippen LogP contribution in [-0.2, 0) is 26.2 Å². The van der Waals surface area contributed by atoms with Gasteiger partial charge in [-0.15, -0.1) is 0 Å². The first-order valence-corrected chi connectivity index (χ1v) is 15.6. The zero-order valence-electron chi connectivity index (χ0n) is 23.6. The van der Waals surface area contributed by atoms with Crippen molar-refractivity contribution in [1.82, 2.24) is 10.2 Å². The van der Waals surface area contributed by atoms with Crippen molar-refractivity contribution in [1.29, 1.82) is 0 Å². The van der Waals surface area contributed by atoms with Crippen LogP contribution in [0.5, 0.6) is 5.75 Å². The SMILES string of the molecule is CCNC(=O)[C@H](CC)N(Cc1c(Cl)cccc1Cl)C(=O)CN(c1ccccc1OCC)S(=O)(=O)c1ccc(C)cc1. The minimum Gasteiger partial charge on any atom is -0.492 e. The molecule has 0 unspecified atom stereocenters. The van der Waals surface area contributed by atoms with Crippen LogP contribution in [0.25, 0.3) is 0 Å². The standard InChI is InChI=1S/C30H35Cl2N3O5S/c1-5-26(30(37)33-6-2)34(19-23-24(31)11-10-12-25(23)32)29(36)20-35(27-13-8-9-14-28(27)40-7-3)41(38,39)22-17-15-21(4)16-18-22/h8-18,26H,5-7,19-20H2,1-4H3,(H,33,37)/t26-/m0/s1. The number of amides is 2. The van der Waals surface area contributed by atoms with Gasteiger partial charge in [-0.3, -0.25) is 13.9 Å². The number of ether oxygens (including phenoxy) is 1. The highest BCUT2D eigenvalue weighted by molar-refractivity contribution is 7.92. The number of sulfonamides is 1. The third-order valence-corrected chi connectivity index (χ3v) is 8.93. The molecule has 0 saturated heterocycles. The van der Waals surface area contributed by atoms with E-state index in [9.17, 15) is 18.0 Å². The van der Waals surface area contributed by atoms with Crippen molar-refractivity contribution in [3.63, 3.8) is 0 Å². The molecule has 1 N–H and O–H groups in total. The van der Waals surface area contributed by atoms with Crippen molar-refractivity contribution in [2.75, 3.05) is 24.0 Å². The average Bonchev–Trinajstić information content (AvgIpc) is 2.94. The summed E-state index contributed by atoms with van der Waals surface area (Å²) >= 11 is 12.9. The van der Waals surface area contributed by atoms with Crippen LogP contribution in [0.1, 0.15) is 38.3 Å². The second-order valence-corrected chi connectivity index (χ2v) is 11.9. The van der Waals surface area contributed by atoms with Gasteiger partial charge in [0.1, 0.15) is 18.3 Å². The summed E-state index contributed by atoms with van der Waals surface area (Å²) in [6, 6.07) is 17.1. The summed E-state index contributed by atoms with van der Waals surface area (Å²) in [6.45, 7) is 7.15. The summed E-state index contributed by atoms with van der Waals surface area (Å²) in [5.74, 6) is -0.676. The molecular formula is C30H35Cl2N3O5S. The monoisotopic (exact) mass is 619 g/mol. The van der Waals surface area contributed by atoms with E-state index < -0.39 is 28.5 Å². The molecular weight excluding hydrogens is 585 g/mol. The van der Waals surface area contributed by atoms with Crippen molar-refractivity contribution in [2.45, 2.75) is 51.6 Å². The third kappa shape index (κ3) is 7.72. The largest absolute Gasteiger partial charge is 0.492 e. The van der Waals surface area contributed by atoms with Gasteiger partial charge in [-0.1, -0.05) is 66.0 Å². The van der Waals surface area contributed by atoms with E-state index >= 15 is 0 Å². The van der Waals surface area contributed by atoms with E-state index in [-0.39, 0.29) is 36.1 Å². The quantitative estimate of drug-likeness (QED) is 0.259. The lowest BCUT2D eigenvalue weighted by atomic mass is 10.1. The number of carbonyl (C=O) groups excluding carboxylic acids is 2. The molecule has 220 valence electrons. The van der Waals surface area contributed by atoms with Gasteiger partial charge < -0.3 is 15.0 Å². The van der Waals surface area contributed by atoms with Gasteiger partial charge in [-0.25, -0.2) is 8.42 Å². The molecule has 0 aliphatic rings. The molecule has 3 rings (SSSR count). The second-order valence-electron chi connectivity index (χ2n) is 9.27. The van der Waals surface area contributed by atoms with Gasteiger partial charge in [-0.05, 0) is 63.6 Å². The summed E-state index contributed by atoms with van der Waals surface area (Å²) in [4.78, 5) is 28.6. The molecule has 0 fully saturated rings. The van der Waals surface area contributed by atoms with Gasteiger partial charge >= 0.3 is 0 Å². The van der Waals surface area contributed by atoms with Crippen LogP contribution in [0.15, 0.2) is 71.6 Å². The van der Waals surface area contributed by atoms with Gasteiger partial charge in [0.15, 0.2) is 0 Å². The Balaban J connectivity index is 2.15. The van der Waals surface area contributed by atoms with Gasteiger partial charge in [0.2, 0.25) is 11.8 Å². The van der Waals surface area contributed by atoms with Gasteiger partial charge in [-0.2, -0.15) is 0 Å². The first kappa shape index (κ1) is 32.2. The molecule has 3 aromatic rings. The Morgan fingerprint density at radius 3 is 2.15 bits per heavy atom. The molecule has 0 aliphatic carbocycles. The summed E-state index contributed by atoms with van der Waals surface area (Å²) in [5.41, 5.74) is 1.54. The molecule has 41 heavy (non-hydrogen) atoms. The molecule has 0 spiro atoms. The molecule has 0 aliphatic heterocycles. The van der Waals surface area contributed by atoms with E-state index in [1.165, 1.54) is 17.0 Å². The lowest BCUT2D eigenvalue weighted by Crippen LogP contribution is -2.52. The average molecular weight is 621 g/mol. The number of para-hydroxylation sites is 2. The van der Waals surface area contributed by atoms with Gasteiger partial charge in [0.25, 0.3) is 10.0 Å². The topological polar surface area (TPSA) is 96.0 Å². The Labute approximate surface area is 252 Å². The Kier molecular flexibility index (Phi) is 11.5. The highest BCUT2D eigenvalue weighted by atomic mass is 35.5. The summed E-state index contributed by atoms with van der Waals surface area (Å²) in [7, 11) is -4.24. The Morgan fingerprint density at radius 2 is 1.56 bits per heavy atom. The molecule has 11 heteroatoms. The smallest absolute Gasteiger partial charge is 0.264 e. The number of carbonyl (C=O) groups is 2. The third-order valence-electron chi connectivity index (χ3n) is 6.45. The molecule has 0 heterocycles. The second kappa shape index (κ2) is 14.6. The Morgan fingerprint density at radius 1 is 0.927 bits per heavy atom. The summed E-state index contributed by atoms with van der Waals surface area (Å²) in [5, 5.41) is 3.42. The Bertz CT molecular complexity index is 1440. The predicted octanol–water partition coefficient (Wildman–Crippen LogP) is 5.84. The summed E-state index contributed by atoms with van der Waals surface area (Å²) in [6.07, 6.45) is 0.278. The number of nitrogens with one attached hydrogen (secondary N) is 1. The van der Waals surface area contributed by atoms with Crippen LogP contribution >= 0.6 is 23.2 Å². The maximum Gasteiger partial charge on any atom is 0.264 e. The fourth-order valence-corrected chi connectivity index (χ4v) is 6.30. The molecule has 0 aromatic heterocycles. The predicted molar refractivity (Wildman–Crippen MR) is 163 cm³/mol. The van der Waals surface area contributed by atoms with Crippen LogP contribution in [0, 0.1) is 6.92 Å². The summed E-state index contributed by atoms with van der Waals surface area (Å²) < 4.78 is 34.9. The number of hydrogen-bond acceptors (Lipinski definition) is 5. The first-order valence-electron chi connectivity index (χ1n) is 13.4. The van der Waals surface area contributed by atoms with Gasteiger partial charge in [0.05, 0.1) is 17.2 Å². The van der Waals surface area contributed by atoms with E-state index in [4.69, 9.17) is 27.9 Å². The minimum absolute atomic E-state index is 0.0127. The van der Waals surface area contributed by atoms with Crippen molar-refractivity contribution in [3.05, 3.63) is 87.9 Å². The van der Waals surface area contributed by atoms with E-state index in [0.717, 1.165) is 9.87 Å². The fraction of sp³-hybridized carbons (Fsp3) is 0.333. The van der Waals surface area contributed by atoms with Gasteiger partial charge in [0, 0.05) is 28.7 Å². The van der Waals surface area contributed by atoms with Crippen molar-refractivity contribution in [3.8, 4) is 5.75 Å². The molecule has 8 nitrogen and oxygen atoms in total. The molecule has 0 bridgehead atoms. The minimum atomic E-state index is -4.24. The highest BCUT2D eigenvalue weighted by Gasteiger charge is 2.35. The van der Waals surface area contributed by atoms with Crippen LogP contribution in [0.4, 0.5) is 5.69 Å². The van der Waals surface area contributed by atoms with E-state index in [2.05, 4.69) is 5.32 Å². The van der Waals surface area contributed by atoms with Crippen LogP contribution in [0.3, 0.4) is 0 Å². The van der Waals surface area contributed by atoms with Crippen molar-refractivity contribution in [2.24, 2.45) is 0 Å². The number of halogens is 2. The molecule has 3 aromatic carbocycles.